The average molecular weight is 194 g/mol. The lowest BCUT2D eigenvalue weighted by molar-refractivity contribution is 0.573. The molecule has 0 saturated heterocycles. The van der Waals surface area contributed by atoms with Crippen molar-refractivity contribution in [2.24, 2.45) is 0 Å². The normalized spacial score (nSPS) is 10.4. The summed E-state index contributed by atoms with van der Waals surface area (Å²) in [5.41, 5.74) is 0. The lowest BCUT2D eigenvalue weighted by Crippen LogP contribution is -2.34. The van der Waals surface area contributed by atoms with E-state index in [0.29, 0.717) is 0 Å². The van der Waals surface area contributed by atoms with Crippen molar-refractivity contribution in [3.05, 3.63) is 0 Å². The molecular formula is C8H26OSi2. The zero-order chi connectivity index (χ0) is 7.49. The van der Waals surface area contributed by atoms with Crippen molar-refractivity contribution in [2.75, 3.05) is 0 Å². The highest BCUT2D eigenvalue weighted by atomic mass is 28.4. The van der Waals surface area contributed by atoms with Gasteiger partial charge in [0.25, 0.3) is 0 Å². The molecule has 0 bridgehead atoms. The summed E-state index contributed by atoms with van der Waals surface area (Å²) in [7, 11) is -1.93. The van der Waals surface area contributed by atoms with Gasteiger partial charge in [0.1, 0.15) is 0 Å². The number of hydrogen-bond acceptors (Lipinski definition) is 1. The average Bonchev–Trinajstić information content (AvgIpc) is 1.63. The molecule has 11 heavy (non-hydrogen) atoms. The highest BCUT2D eigenvalue weighted by Gasteiger charge is 2.19. The Morgan fingerprint density at radius 3 is 1.64 bits per heavy atom. The van der Waals surface area contributed by atoms with E-state index in [9.17, 15) is 0 Å². The predicted molar refractivity (Wildman–Crippen MR) is 61.4 cm³/mol. The maximum absolute atomic E-state index is 5.86. The molecule has 0 unspecified atom stereocenters. The van der Waals surface area contributed by atoms with Gasteiger partial charge in [-0.1, -0.05) is 21.8 Å². The Bertz CT molecular complexity index is 82.2. The van der Waals surface area contributed by atoms with Crippen molar-refractivity contribution in [3.63, 3.8) is 0 Å². The van der Waals surface area contributed by atoms with Crippen molar-refractivity contribution in [1.29, 1.82) is 0 Å². The van der Waals surface area contributed by atoms with E-state index in [1.165, 1.54) is 6.04 Å². The Balaban J connectivity index is -0.000000320. The molecule has 0 atom stereocenters. The summed E-state index contributed by atoms with van der Waals surface area (Å²) in [5, 5.41) is 0. The van der Waals surface area contributed by atoms with E-state index in [2.05, 4.69) is 33.1 Å². The van der Waals surface area contributed by atoms with Gasteiger partial charge < -0.3 is 4.12 Å². The lowest BCUT2D eigenvalue weighted by atomic mass is 11.0. The van der Waals surface area contributed by atoms with Crippen LogP contribution in [-0.4, -0.2) is 17.4 Å². The third-order valence-corrected chi connectivity index (χ3v) is 7.55. The van der Waals surface area contributed by atoms with Crippen LogP contribution in [0.1, 0.15) is 21.8 Å². The zero-order valence-corrected chi connectivity index (χ0v) is 9.35. The van der Waals surface area contributed by atoms with Gasteiger partial charge >= 0.3 is 0 Å². The molecule has 0 aromatic rings. The van der Waals surface area contributed by atoms with Crippen molar-refractivity contribution >= 4 is 17.4 Å². The van der Waals surface area contributed by atoms with Crippen LogP contribution in [0.5, 0.6) is 0 Å². The van der Waals surface area contributed by atoms with Gasteiger partial charge in [0.05, 0.1) is 0 Å². The van der Waals surface area contributed by atoms with Gasteiger partial charge in [0, 0.05) is 0 Å². The summed E-state index contributed by atoms with van der Waals surface area (Å²) in [6.45, 7) is 11.3. The molecule has 1 nitrogen and oxygen atoms in total. The fraction of sp³-hybridized carbons (Fsp3) is 1.00. The topological polar surface area (TPSA) is 9.23 Å². The summed E-state index contributed by atoms with van der Waals surface area (Å²) in [5.74, 6) is 0. The van der Waals surface area contributed by atoms with Crippen LogP contribution < -0.4 is 0 Å². The molecule has 0 heterocycles. The van der Waals surface area contributed by atoms with Crippen LogP contribution in [0.4, 0.5) is 0 Å². The van der Waals surface area contributed by atoms with Crippen molar-refractivity contribution < 1.29 is 4.12 Å². The van der Waals surface area contributed by atoms with Crippen molar-refractivity contribution in [2.45, 2.75) is 54.0 Å². The zero-order valence-electron chi connectivity index (χ0n) is 7.19. The standard InChI is InChI=1S/C6H18OSi2.2CH4/c1-6-9(4,5)7-8(2)3;;/h8H,6H2,1-5H3;2*1H4. The molecule has 72 valence electrons. The molecule has 0 amide bonds. The van der Waals surface area contributed by atoms with Crippen LogP contribution in [0, 0.1) is 0 Å². The van der Waals surface area contributed by atoms with Gasteiger partial charge in [-0.2, -0.15) is 0 Å². The van der Waals surface area contributed by atoms with E-state index in [1.807, 2.05) is 0 Å². The van der Waals surface area contributed by atoms with Gasteiger partial charge in [-0.25, -0.2) is 0 Å². The quantitative estimate of drug-likeness (QED) is 0.625. The summed E-state index contributed by atoms with van der Waals surface area (Å²) < 4.78 is 5.86. The first-order valence-electron chi connectivity index (χ1n) is 3.66. The van der Waals surface area contributed by atoms with E-state index in [1.54, 1.807) is 0 Å². The SMILES string of the molecule is C.C.CC[Si](C)(C)O[SiH](C)C. The Hall–Kier alpha value is 0.394. The minimum atomic E-state index is -1.18. The number of rotatable bonds is 3. The second-order valence-corrected chi connectivity index (χ2v) is 10.5. The third kappa shape index (κ3) is 10.4. The lowest BCUT2D eigenvalue weighted by Gasteiger charge is -2.23. The van der Waals surface area contributed by atoms with Gasteiger partial charge in [-0.15, -0.1) is 0 Å². The van der Waals surface area contributed by atoms with Crippen molar-refractivity contribution in [1.82, 2.24) is 0 Å². The van der Waals surface area contributed by atoms with E-state index in [4.69, 9.17) is 4.12 Å². The number of hydrogen-bond donors (Lipinski definition) is 0. The second kappa shape index (κ2) is 7.07. The maximum Gasteiger partial charge on any atom is 0.172 e. The molecule has 0 radical (unpaired) electrons. The third-order valence-electron chi connectivity index (χ3n) is 1.41. The Labute approximate surface area is 76.0 Å². The summed E-state index contributed by atoms with van der Waals surface area (Å²) in [6, 6.07) is 1.25. The fourth-order valence-corrected chi connectivity index (χ4v) is 6.49. The minimum absolute atomic E-state index is 0. The molecule has 0 aliphatic heterocycles. The molecule has 0 spiro atoms. The summed E-state index contributed by atoms with van der Waals surface area (Å²) in [6.07, 6.45) is 0. The first-order chi connectivity index (χ1) is 3.98. The molecule has 0 aromatic carbocycles. The van der Waals surface area contributed by atoms with Crippen molar-refractivity contribution in [3.8, 4) is 0 Å². The maximum atomic E-state index is 5.86. The molecule has 0 saturated carbocycles. The Morgan fingerprint density at radius 1 is 1.18 bits per heavy atom. The van der Waals surface area contributed by atoms with Gasteiger partial charge in [-0.05, 0) is 32.2 Å². The van der Waals surface area contributed by atoms with Gasteiger partial charge in [0.2, 0.25) is 0 Å². The van der Waals surface area contributed by atoms with Gasteiger partial charge in [-0.3, -0.25) is 0 Å². The summed E-state index contributed by atoms with van der Waals surface area (Å²) in [4.78, 5) is 0. The first kappa shape index (κ1) is 17.5. The molecule has 3 heteroatoms. The van der Waals surface area contributed by atoms with Crippen LogP contribution in [0.15, 0.2) is 0 Å². The second-order valence-electron chi connectivity index (χ2n) is 3.28. The Kier molecular flexibility index (Phi) is 11.2. The molecule has 0 aliphatic rings. The molecule has 0 aromatic heterocycles. The van der Waals surface area contributed by atoms with E-state index in [0.717, 1.165) is 0 Å². The predicted octanol–water partition coefficient (Wildman–Crippen LogP) is 3.48. The molecule has 0 N–H and O–H groups in total. The highest BCUT2D eigenvalue weighted by Crippen LogP contribution is 2.10. The van der Waals surface area contributed by atoms with Crippen LogP contribution in [-0.2, 0) is 4.12 Å². The van der Waals surface area contributed by atoms with E-state index in [-0.39, 0.29) is 14.9 Å². The molecule has 0 fully saturated rings. The van der Waals surface area contributed by atoms with E-state index < -0.39 is 17.4 Å². The largest absolute Gasteiger partial charge is 0.458 e. The van der Waals surface area contributed by atoms with E-state index >= 15 is 0 Å². The highest BCUT2D eigenvalue weighted by molar-refractivity contribution is 6.77. The summed E-state index contributed by atoms with van der Waals surface area (Å²) >= 11 is 0. The first-order valence-corrected chi connectivity index (χ1v) is 9.55. The van der Waals surface area contributed by atoms with Crippen LogP contribution in [0.3, 0.4) is 0 Å². The smallest absolute Gasteiger partial charge is 0.172 e. The molecule has 0 rings (SSSR count). The van der Waals surface area contributed by atoms with Gasteiger partial charge in [0.15, 0.2) is 17.4 Å². The monoisotopic (exact) mass is 194 g/mol. The fourth-order valence-electron chi connectivity index (χ4n) is 0.721. The molecular weight excluding hydrogens is 168 g/mol. The minimum Gasteiger partial charge on any atom is -0.458 e. The van der Waals surface area contributed by atoms with Crippen LogP contribution in [0.2, 0.25) is 32.2 Å². The van der Waals surface area contributed by atoms with Crippen LogP contribution in [0.25, 0.3) is 0 Å². The Morgan fingerprint density at radius 2 is 1.55 bits per heavy atom. The van der Waals surface area contributed by atoms with Crippen LogP contribution >= 0.6 is 0 Å². The molecule has 0 aliphatic carbocycles.